The molecule has 1 fully saturated rings. The van der Waals surface area contributed by atoms with E-state index in [1.807, 2.05) is 19.0 Å². The molecule has 0 aromatic heterocycles. The van der Waals surface area contributed by atoms with Gasteiger partial charge in [-0.1, -0.05) is 20.8 Å². The molecule has 0 spiro atoms. The molecule has 1 saturated heterocycles. The monoisotopic (exact) mass is 170 g/mol. The van der Waals surface area contributed by atoms with E-state index in [2.05, 4.69) is 18.9 Å². The second-order valence-electron chi connectivity index (χ2n) is 3.27. The van der Waals surface area contributed by atoms with Crippen LogP contribution in [0.15, 0.2) is 0 Å². The lowest BCUT2D eigenvalue weighted by Gasteiger charge is -2.07. The van der Waals surface area contributed by atoms with E-state index in [0.717, 1.165) is 12.8 Å². The predicted octanol–water partition coefficient (Wildman–Crippen LogP) is 1.60. The van der Waals surface area contributed by atoms with Crippen molar-refractivity contribution in [1.82, 2.24) is 10.0 Å². The van der Waals surface area contributed by atoms with Crippen LogP contribution in [0.25, 0.3) is 0 Å². The summed E-state index contributed by atoms with van der Waals surface area (Å²) >= 11 is 0. The topological polar surface area (TPSA) is 23.1 Å². The van der Waals surface area contributed by atoms with Crippen molar-refractivity contribution in [1.29, 1.82) is 0 Å². The van der Waals surface area contributed by atoms with Gasteiger partial charge in [0.2, 0.25) is 5.91 Å². The molecule has 0 N–H and O–H groups in total. The maximum atomic E-state index is 11.4. The van der Waals surface area contributed by atoms with Crippen LogP contribution in [0, 0.1) is 0 Å². The van der Waals surface area contributed by atoms with Crippen LogP contribution in [0.3, 0.4) is 0 Å². The Kier molecular flexibility index (Phi) is 2.42. The van der Waals surface area contributed by atoms with Crippen molar-refractivity contribution in [3.63, 3.8) is 0 Å². The average molecular weight is 170 g/mol. The van der Waals surface area contributed by atoms with Crippen LogP contribution < -0.4 is 0 Å². The average Bonchev–Trinajstić information content (AvgIpc) is 2.70. The van der Waals surface area contributed by atoms with E-state index in [-0.39, 0.29) is 11.6 Å². The number of hydrogen-bond acceptors (Lipinski definition) is 2. The van der Waals surface area contributed by atoms with Crippen molar-refractivity contribution in [3.05, 3.63) is 0 Å². The lowest BCUT2D eigenvalue weighted by Crippen LogP contribution is -2.21. The molecular weight excluding hydrogens is 152 g/mol. The number of nitrogens with zero attached hydrogens (tertiary/aromatic N) is 2. The molecule has 1 atom stereocenters. The van der Waals surface area contributed by atoms with Gasteiger partial charge in [0, 0.05) is 13.5 Å². The first-order chi connectivity index (χ1) is 5.64. The standard InChI is InChI=1S/C9H18N2O/c1-5-8(12)11-9(6-2,7-3)10(11)4/h5-7H2,1-4H3. The Bertz CT molecular complexity index is 187. The first-order valence-corrected chi connectivity index (χ1v) is 4.70. The minimum atomic E-state index is 0.0487. The van der Waals surface area contributed by atoms with Gasteiger partial charge in [-0.3, -0.25) is 9.80 Å². The third-order valence-electron chi connectivity index (χ3n) is 2.93. The van der Waals surface area contributed by atoms with E-state index in [0.29, 0.717) is 6.42 Å². The highest BCUT2D eigenvalue weighted by atomic mass is 16.2. The summed E-state index contributed by atoms with van der Waals surface area (Å²) in [7, 11) is 1.99. The lowest BCUT2D eigenvalue weighted by atomic mass is 10.1. The fourth-order valence-electron chi connectivity index (χ4n) is 1.96. The number of rotatable bonds is 3. The zero-order valence-electron chi connectivity index (χ0n) is 8.42. The van der Waals surface area contributed by atoms with Crippen LogP contribution in [0.2, 0.25) is 0 Å². The molecule has 70 valence electrons. The van der Waals surface area contributed by atoms with Crippen LogP contribution in [-0.4, -0.2) is 28.6 Å². The second-order valence-corrected chi connectivity index (χ2v) is 3.27. The fourth-order valence-corrected chi connectivity index (χ4v) is 1.96. The van der Waals surface area contributed by atoms with E-state index in [1.54, 1.807) is 0 Å². The molecule has 3 nitrogen and oxygen atoms in total. The molecule has 1 aliphatic heterocycles. The van der Waals surface area contributed by atoms with E-state index in [9.17, 15) is 4.79 Å². The smallest absolute Gasteiger partial charge is 0.238 e. The highest BCUT2D eigenvalue weighted by molar-refractivity contribution is 5.78. The first kappa shape index (κ1) is 9.52. The van der Waals surface area contributed by atoms with E-state index in [4.69, 9.17) is 0 Å². The molecule has 0 radical (unpaired) electrons. The van der Waals surface area contributed by atoms with Gasteiger partial charge in [-0.05, 0) is 12.8 Å². The molecule has 1 aliphatic rings. The molecule has 1 rings (SSSR count). The Hall–Kier alpha value is -0.570. The van der Waals surface area contributed by atoms with Gasteiger partial charge in [-0.25, -0.2) is 0 Å². The van der Waals surface area contributed by atoms with Gasteiger partial charge in [0.1, 0.15) is 5.66 Å². The van der Waals surface area contributed by atoms with Crippen molar-refractivity contribution in [2.24, 2.45) is 0 Å². The second kappa shape index (κ2) is 3.05. The summed E-state index contributed by atoms with van der Waals surface area (Å²) < 4.78 is 0. The Morgan fingerprint density at radius 1 is 1.25 bits per heavy atom. The SMILES string of the molecule is CCC(=O)N1N(C)C1(CC)CC. The van der Waals surface area contributed by atoms with Gasteiger partial charge in [0.15, 0.2) is 0 Å². The molecule has 3 heteroatoms. The number of hydrazine groups is 1. The molecule has 0 bridgehead atoms. The Morgan fingerprint density at radius 3 is 2.00 bits per heavy atom. The largest absolute Gasteiger partial charge is 0.273 e. The highest BCUT2D eigenvalue weighted by Crippen LogP contribution is 2.43. The Balaban J connectivity index is 2.67. The number of hydrogen-bond donors (Lipinski definition) is 0. The number of carbonyl (C=O) groups is 1. The summed E-state index contributed by atoms with van der Waals surface area (Å²) in [5, 5.41) is 3.94. The summed E-state index contributed by atoms with van der Waals surface area (Å²) in [6.07, 6.45) is 2.64. The van der Waals surface area contributed by atoms with Crippen LogP contribution in [0.1, 0.15) is 40.0 Å². The Labute approximate surface area is 74.3 Å². The van der Waals surface area contributed by atoms with Crippen LogP contribution in [0.5, 0.6) is 0 Å². The molecule has 1 amide bonds. The van der Waals surface area contributed by atoms with Gasteiger partial charge >= 0.3 is 0 Å². The molecule has 0 aromatic carbocycles. The van der Waals surface area contributed by atoms with Crippen molar-refractivity contribution in [3.8, 4) is 0 Å². The normalized spacial score (nSPS) is 25.7. The molecule has 1 heterocycles. The van der Waals surface area contributed by atoms with Crippen molar-refractivity contribution >= 4 is 5.91 Å². The molecule has 12 heavy (non-hydrogen) atoms. The summed E-state index contributed by atoms with van der Waals surface area (Å²) in [4.78, 5) is 11.4. The quantitative estimate of drug-likeness (QED) is 0.600. The van der Waals surface area contributed by atoms with E-state index < -0.39 is 0 Å². The molecule has 0 aliphatic carbocycles. The summed E-state index contributed by atoms with van der Waals surface area (Å²) in [5.41, 5.74) is 0.0487. The van der Waals surface area contributed by atoms with Gasteiger partial charge in [-0.15, -0.1) is 0 Å². The third-order valence-corrected chi connectivity index (χ3v) is 2.93. The third kappa shape index (κ3) is 1.04. The van der Waals surface area contributed by atoms with E-state index >= 15 is 0 Å². The number of amides is 1. The van der Waals surface area contributed by atoms with Crippen molar-refractivity contribution in [2.75, 3.05) is 7.05 Å². The van der Waals surface area contributed by atoms with Gasteiger partial charge in [0.05, 0.1) is 0 Å². The van der Waals surface area contributed by atoms with Gasteiger partial charge in [-0.2, -0.15) is 5.01 Å². The lowest BCUT2D eigenvalue weighted by molar-refractivity contribution is -0.128. The Morgan fingerprint density at radius 2 is 1.75 bits per heavy atom. The zero-order valence-corrected chi connectivity index (χ0v) is 8.42. The maximum Gasteiger partial charge on any atom is 0.238 e. The molecule has 0 saturated carbocycles. The fraction of sp³-hybridized carbons (Fsp3) is 0.889. The minimum Gasteiger partial charge on any atom is -0.273 e. The van der Waals surface area contributed by atoms with E-state index in [1.165, 1.54) is 0 Å². The minimum absolute atomic E-state index is 0.0487. The van der Waals surface area contributed by atoms with Crippen LogP contribution in [-0.2, 0) is 4.79 Å². The molecule has 1 unspecified atom stereocenters. The first-order valence-electron chi connectivity index (χ1n) is 4.70. The number of carbonyl (C=O) groups excluding carboxylic acids is 1. The van der Waals surface area contributed by atoms with Gasteiger partial charge < -0.3 is 0 Å². The predicted molar refractivity (Wildman–Crippen MR) is 48.2 cm³/mol. The van der Waals surface area contributed by atoms with Gasteiger partial charge in [0.25, 0.3) is 0 Å². The van der Waals surface area contributed by atoms with Crippen LogP contribution in [0.4, 0.5) is 0 Å². The summed E-state index contributed by atoms with van der Waals surface area (Å²) in [6.45, 7) is 6.16. The molecular formula is C9H18N2O. The highest BCUT2D eigenvalue weighted by Gasteiger charge is 2.58. The van der Waals surface area contributed by atoms with Crippen LogP contribution >= 0.6 is 0 Å². The zero-order chi connectivity index (χ0) is 9.35. The molecule has 0 aromatic rings. The van der Waals surface area contributed by atoms with Crippen molar-refractivity contribution < 1.29 is 4.79 Å². The summed E-state index contributed by atoms with van der Waals surface area (Å²) in [6, 6.07) is 0. The summed E-state index contributed by atoms with van der Waals surface area (Å²) in [5.74, 6) is 0.237. The van der Waals surface area contributed by atoms with Crippen molar-refractivity contribution in [2.45, 2.75) is 45.7 Å². The maximum absolute atomic E-state index is 11.4.